The third-order valence-corrected chi connectivity index (χ3v) is 2.98. The first kappa shape index (κ1) is 13.4. The number of aromatic nitrogens is 2. The molecular formula is C15H13BN2O3. The fourth-order valence-corrected chi connectivity index (χ4v) is 1.90. The molecule has 1 aromatic heterocycles. The molecule has 0 unspecified atom stereocenters. The van der Waals surface area contributed by atoms with Crippen LogP contribution in [0.15, 0.2) is 67.0 Å². The molecule has 104 valence electrons. The van der Waals surface area contributed by atoms with E-state index in [1.807, 2.05) is 54.6 Å². The van der Waals surface area contributed by atoms with E-state index in [2.05, 4.69) is 5.10 Å². The fraction of sp³-hybridized carbons (Fsp3) is 0. The molecule has 2 N–H and O–H groups in total. The Morgan fingerprint density at radius 2 is 1.57 bits per heavy atom. The summed E-state index contributed by atoms with van der Waals surface area (Å²) in [6.07, 6.45) is 2.98. The number of hydrogen-bond acceptors (Lipinski definition) is 4. The summed E-state index contributed by atoms with van der Waals surface area (Å²) >= 11 is 0. The molecule has 0 bridgehead atoms. The largest absolute Gasteiger partial charge is 0.491 e. The maximum Gasteiger partial charge on any atom is 0.491 e. The van der Waals surface area contributed by atoms with E-state index in [1.165, 1.54) is 6.20 Å². The van der Waals surface area contributed by atoms with E-state index in [1.54, 1.807) is 10.9 Å². The molecule has 2 aromatic carbocycles. The number of benzene rings is 2. The van der Waals surface area contributed by atoms with E-state index in [9.17, 15) is 0 Å². The van der Waals surface area contributed by atoms with E-state index in [0.29, 0.717) is 5.46 Å². The summed E-state index contributed by atoms with van der Waals surface area (Å²) in [6, 6.07) is 16.9. The maximum absolute atomic E-state index is 9.07. The first-order valence-electron chi connectivity index (χ1n) is 6.46. The predicted octanol–water partition coefficient (Wildman–Crippen LogP) is 1.34. The summed E-state index contributed by atoms with van der Waals surface area (Å²) in [6.45, 7) is 0. The van der Waals surface area contributed by atoms with Crippen molar-refractivity contribution in [2.75, 3.05) is 0 Å². The highest BCUT2D eigenvalue weighted by Crippen LogP contribution is 2.21. The molecule has 0 spiro atoms. The number of nitrogens with zero attached hydrogens (tertiary/aromatic N) is 2. The van der Waals surface area contributed by atoms with E-state index >= 15 is 0 Å². The zero-order valence-corrected chi connectivity index (χ0v) is 11.1. The molecule has 0 saturated carbocycles. The van der Waals surface area contributed by atoms with Gasteiger partial charge in [-0.25, -0.2) is 4.68 Å². The van der Waals surface area contributed by atoms with Gasteiger partial charge in [-0.3, -0.25) is 0 Å². The molecule has 0 aliphatic heterocycles. The molecule has 3 aromatic rings. The summed E-state index contributed by atoms with van der Waals surface area (Å²) in [4.78, 5) is 0. The highest BCUT2D eigenvalue weighted by molar-refractivity contribution is 6.58. The van der Waals surface area contributed by atoms with Crippen molar-refractivity contribution in [1.82, 2.24) is 9.78 Å². The van der Waals surface area contributed by atoms with Gasteiger partial charge in [-0.2, -0.15) is 5.10 Å². The summed E-state index contributed by atoms with van der Waals surface area (Å²) in [5.41, 5.74) is 1.15. The third-order valence-electron chi connectivity index (χ3n) is 2.98. The van der Waals surface area contributed by atoms with Crippen LogP contribution >= 0.6 is 0 Å². The lowest BCUT2D eigenvalue weighted by atomic mass is 9.83. The van der Waals surface area contributed by atoms with E-state index < -0.39 is 7.12 Å². The van der Waals surface area contributed by atoms with Crippen LogP contribution in [0.1, 0.15) is 0 Å². The van der Waals surface area contributed by atoms with Crippen molar-refractivity contribution in [3.63, 3.8) is 0 Å². The van der Waals surface area contributed by atoms with Crippen LogP contribution in [-0.4, -0.2) is 26.9 Å². The van der Waals surface area contributed by atoms with E-state index in [4.69, 9.17) is 14.8 Å². The molecule has 0 saturated heterocycles. The highest BCUT2D eigenvalue weighted by atomic mass is 16.5. The lowest BCUT2D eigenvalue weighted by Gasteiger charge is -2.06. The van der Waals surface area contributed by atoms with Crippen molar-refractivity contribution in [1.29, 1.82) is 0 Å². The van der Waals surface area contributed by atoms with Crippen molar-refractivity contribution < 1.29 is 14.8 Å². The summed E-state index contributed by atoms with van der Waals surface area (Å²) in [5.74, 6) is 1.49. The van der Waals surface area contributed by atoms with Gasteiger partial charge in [0.1, 0.15) is 11.5 Å². The molecule has 0 atom stereocenters. The second-order valence-corrected chi connectivity index (χ2v) is 4.50. The topological polar surface area (TPSA) is 67.5 Å². The van der Waals surface area contributed by atoms with Gasteiger partial charge in [0, 0.05) is 17.9 Å². The molecule has 0 radical (unpaired) electrons. The normalized spacial score (nSPS) is 10.4. The third kappa shape index (κ3) is 3.13. The van der Waals surface area contributed by atoms with E-state index in [-0.39, 0.29) is 0 Å². The Kier molecular flexibility index (Phi) is 3.72. The summed E-state index contributed by atoms with van der Waals surface area (Å²) in [7, 11) is -1.51. The summed E-state index contributed by atoms with van der Waals surface area (Å²) in [5, 5.41) is 22.2. The minimum absolute atomic E-state index is 0.347. The first-order valence-corrected chi connectivity index (χ1v) is 6.46. The Labute approximate surface area is 122 Å². The van der Waals surface area contributed by atoms with Gasteiger partial charge >= 0.3 is 7.12 Å². The molecule has 6 heteroatoms. The van der Waals surface area contributed by atoms with Crippen LogP contribution in [0.3, 0.4) is 0 Å². The molecule has 0 aliphatic carbocycles. The van der Waals surface area contributed by atoms with Gasteiger partial charge in [0.15, 0.2) is 0 Å². The number of para-hydroxylation sites is 1. The zero-order valence-electron chi connectivity index (χ0n) is 11.1. The van der Waals surface area contributed by atoms with Crippen molar-refractivity contribution in [2.24, 2.45) is 0 Å². The van der Waals surface area contributed by atoms with Crippen LogP contribution in [0.25, 0.3) is 5.69 Å². The first-order chi connectivity index (χ1) is 10.2. The SMILES string of the molecule is OB(O)c1cnn(-c2ccc(Oc3ccccc3)cc2)c1. The second-order valence-electron chi connectivity index (χ2n) is 4.50. The molecule has 21 heavy (non-hydrogen) atoms. The molecule has 5 nitrogen and oxygen atoms in total. The van der Waals surface area contributed by atoms with Crippen LogP contribution in [0.2, 0.25) is 0 Å². The molecule has 0 fully saturated rings. The average Bonchev–Trinajstić information content (AvgIpc) is 2.99. The van der Waals surface area contributed by atoms with Crippen LogP contribution < -0.4 is 10.2 Å². The van der Waals surface area contributed by atoms with Gasteiger partial charge in [-0.1, -0.05) is 18.2 Å². The van der Waals surface area contributed by atoms with Gasteiger partial charge in [0.25, 0.3) is 0 Å². The Balaban J connectivity index is 1.77. The Hall–Kier alpha value is -2.57. The molecule has 0 amide bonds. The Bertz CT molecular complexity index is 711. The Morgan fingerprint density at radius 3 is 2.19 bits per heavy atom. The zero-order chi connectivity index (χ0) is 14.7. The van der Waals surface area contributed by atoms with Gasteiger partial charge in [-0.15, -0.1) is 0 Å². The van der Waals surface area contributed by atoms with Crippen molar-refractivity contribution in [3.8, 4) is 17.2 Å². The van der Waals surface area contributed by atoms with Gasteiger partial charge in [0.2, 0.25) is 0 Å². The Morgan fingerprint density at radius 1 is 0.905 bits per heavy atom. The second kappa shape index (κ2) is 5.82. The molecule has 0 aliphatic rings. The van der Waals surface area contributed by atoms with Gasteiger partial charge < -0.3 is 14.8 Å². The van der Waals surface area contributed by atoms with Crippen LogP contribution in [-0.2, 0) is 0 Å². The molecule has 1 heterocycles. The van der Waals surface area contributed by atoms with Crippen molar-refractivity contribution >= 4 is 12.6 Å². The maximum atomic E-state index is 9.07. The predicted molar refractivity (Wildman–Crippen MR) is 79.9 cm³/mol. The standard InChI is InChI=1S/C15H13BN2O3/c19-16(20)12-10-17-18(11-12)13-6-8-15(9-7-13)21-14-4-2-1-3-5-14/h1-11,19-20H. The van der Waals surface area contributed by atoms with Crippen molar-refractivity contribution in [3.05, 3.63) is 67.0 Å². The lowest BCUT2D eigenvalue weighted by Crippen LogP contribution is -2.28. The minimum Gasteiger partial charge on any atom is -0.457 e. The molecular weight excluding hydrogens is 267 g/mol. The van der Waals surface area contributed by atoms with Crippen molar-refractivity contribution in [2.45, 2.75) is 0 Å². The van der Waals surface area contributed by atoms with Crippen LogP contribution in [0.4, 0.5) is 0 Å². The molecule has 3 rings (SSSR count). The number of hydrogen-bond donors (Lipinski definition) is 2. The fourth-order valence-electron chi connectivity index (χ4n) is 1.90. The number of rotatable bonds is 4. The highest BCUT2D eigenvalue weighted by Gasteiger charge is 2.13. The monoisotopic (exact) mass is 280 g/mol. The van der Waals surface area contributed by atoms with Gasteiger partial charge in [-0.05, 0) is 36.4 Å². The van der Waals surface area contributed by atoms with Crippen LogP contribution in [0.5, 0.6) is 11.5 Å². The number of ether oxygens (including phenoxy) is 1. The van der Waals surface area contributed by atoms with Gasteiger partial charge in [0.05, 0.1) is 5.69 Å². The summed E-state index contributed by atoms with van der Waals surface area (Å²) < 4.78 is 7.27. The average molecular weight is 280 g/mol. The quantitative estimate of drug-likeness (QED) is 0.708. The van der Waals surface area contributed by atoms with Crippen LogP contribution in [0, 0.1) is 0 Å². The smallest absolute Gasteiger partial charge is 0.457 e. The minimum atomic E-state index is -1.51. The van der Waals surface area contributed by atoms with E-state index in [0.717, 1.165) is 17.2 Å². The lowest BCUT2D eigenvalue weighted by molar-refractivity contribution is 0.426.